The van der Waals surface area contributed by atoms with Crippen LogP contribution in [0.1, 0.15) is 19.4 Å². The third-order valence-electron chi connectivity index (χ3n) is 3.97. The van der Waals surface area contributed by atoms with Crippen LogP contribution >= 0.6 is 0 Å². The summed E-state index contributed by atoms with van der Waals surface area (Å²) in [5.74, 6) is -0.325. The standard InChI is InChI=1S/C19H20N4O3/c1-3-13-7-5-6-8-14(13)21-17(24)12-23-16-9-10-20-11-15(16)22-18(19(23)25)26-4-2/h5-11H,3-4,12H2,1-2H3,(H,21,24). The molecule has 26 heavy (non-hydrogen) atoms. The Bertz CT molecular complexity index is 997. The Hall–Kier alpha value is -3.22. The summed E-state index contributed by atoms with van der Waals surface area (Å²) >= 11 is 0. The Morgan fingerprint density at radius 1 is 1.23 bits per heavy atom. The molecule has 0 unspecified atom stereocenters. The molecule has 0 spiro atoms. The van der Waals surface area contributed by atoms with Gasteiger partial charge in [-0.1, -0.05) is 25.1 Å². The molecule has 0 saturated heterocycles. The van der Waals surface area contributed by atoms with Crippen molar-refractivity contribution in [1.82, 2.24) is 14.5 Å². The van der Waals surface area contributed by atoms with Gasteiger partial charge in [0.2, 0.25) is 5.91 Å². The molecular weight excluding hydrogens is 332 g/mol. The molecule has 0 saturated carbocycles. The number of rotatable bonds is 6. The number of hydrogen-bond donors (Lipinski definition) is 1. The summed E-state index contributed by atoms with van der Waals surface area (Å²) < 4.78 is 6.68. The van der Waals surface area contributed by atoms with Crippen LogP contribution in [0.4, 0.5) is 5.69 Å². The Balaban J connectivity index is 1.96. The number of anilines is 1. The van der Waals surface area contributed by atoms with Gasteiger partial charge in [0.1, 0.15) is 12.1 Å². The highest BCUT2D eigenvalue weighted by Gasteiger charge is 2.15. The lowest BCUT2D eigenvalue weighted by Gasteiger charge is -2.13. The zero-order valence-electron chi connectivity index (χ0n) is 14.7. The second-order valence-electron chi connectivity index (χ2n) is 5.66. The minimum Gasteiger partial charge on any atom is -0.474 e. The minimum absolute atomic E-state index is 0.0326. The summed E-state index contributed by atoms with van der Waals surface area (Å²) in [6, 6.07) is 9.26. The number of nitrogens with zero attached hydrogens (tertiary/aromatic N) is 3. The highest BCUT2D eigenvalue weighted by Crippen LogP contribution is 2.16. The van der Waals surface area contributed by atoms with Crippen molar-refractivity contribution in [3.05, 3.63) is 58.6 Å². The number of fused-ring (bicyclic) bond motifs is 1. The van der Waals surface area contributed by atoms with Gasteiger partial charge in [-0.05, 0) is 31.0 Å². The number of carbonyl (C=O) groups is 1. The first-order valence-corrected chi connectivity index (χ1v) is 8.49. The SMILES string of the molecule is CCOc1nc2cnccc2n(CC(=O)Nc2ccccc2CC)c1=O. The molecule has 1 N–H and O–H groups in total. The van der Waals surface area contributed by atoms with Gasteiger partial charge in [-0.2, -0.15) is 0 Å². The molecule has 0 atom stereocenters. The van der Waals surface area contributed by atoms with Crippen LogP contribution in [-0.4, -0.2) is 27.0 Å². The predicted molar refractivity (Wildman–Crippen MR) is 99.4 cm³/mol. The van der Waals surface area contributed by atoms with E-state index in [2.05, 4.69) is 15.3 Å². The highest BCUT2D eigenvalue weighted by molar-refractivity contribution is 5.92. The van der Waals surface area contributed by atoms with Crippen molar-refractivity contribution in [2.45, 2.75) is 26.8 Å². The van der Waals surface area contributed by atoms with Gasteiger partial charge < -0.3 is 10.1 Å². The summed E-state index contributed by atoms with van der Waals surface area (Å²) in [7, 11) is 0. The van der Waals surface area contributed by atoms with E-state index in [-0.39, 0.29) is 18.3 Å². The number of pyridine rings is 1. The molecule has 0 radical (unpaired) electrons. The number of hydrogen-bond acceptors (Lipinski definition) is 5. The first kappa shape index (κ1) is 17.6. The van der Waals surface area contributed by atoms with Gasteiger partial charge in [0, 0.05) is 11.9 Å². The largest absolute Gasteiger partial charge is 0.474 e. The van der Waals surface area contributed by atoms with Crippen LogP contribution in [0.25, 0.3) is 11.0 Å². The molecule has 134 valence electrons. The van der Waals surface area contributed by atoms with Crippen LogP contribution in [0.5, 0.6) is 5.88 Å². The second kappa shape index (κ2) is 7.77. The molecule has 7 heteroatoms. The van der Waals surface area contributed by atoms with Crippen LogP contribution in [0.15, 0.2) is 47.5 Å². The van der Waals surface area contributed by atoms with Gasteiger partial charge in [0.05, 0.1) is 18.3 Å². The molecule has 0 bridgehead atoms. The highest BCUT2D eigenvalue weighted by atomic mass is 16.5. The number of benzene rings is 1. The lowest BCUT2D eigenvalue weighted by atomic mass is 10.1. The van der Waals surface area contributed by atoms with Gasteiger partial charge in [0.25, 0.3) is 5.88 Å². The summed E-state index contributed by atoms with van der Waals surface area (Å²) in [5.41, 5.74) is 2.37. The molecule has 3 aromatic rings. The minimum atomic E-state index is -0.440. The predicted octanol–water partition coefficient (Wildman–Crippen LogP) is 2.39. The Morgan fingerprint density at radius 3 is 2.81 bits per heavy atom. The van der Waals surface area contributed by atoms with Crippen LogP contribution < -0.4 is 15.6 Å². The van der Waals surface area contributed by atoms with Gasteiger partial charge in [-0.15, -0.1) is 0 Å². The molecule has 7 nitrogen and oxygen atoms in total. The van der Waals surface area contributed by atoms with E-state index >= 15 is 0 Å². The monoisotopic (exact) mass is 352 g/mol. The Morgan fingerprint density at radius 2 is 2.04 bits per heavy atom. The third kappa shape index (κ3) is 3.56. The topological polar surface area (TPSA) is 86.1 Å². The quantitative estimate of drug-likeness (QED) is 0.736. The number of para-hydroxylation sites is 1. The summed E-state index contributed by atoms with van der Waals surface area (Å²) in [5, 5.41) is 2.88. The van der Waals surface area contributed by atoms with E-state index in [1.54, 1.807) is 19.2 Å². The van der Waals surface area contributed by atoms with Gasteiger partial charge >= 0.3 is 5.56 Å². The first-order valence-electron chi connectivity index (χ1n) is 8.49. The van der Waals surface area contributed by atoms with Crippen molar-refractivity contribution in [2.75, 3.05) is 11.9 Å². The molecule has 2 heterocycles. The number of ether oxygens (including phenoxy) is 1. The van der Waals surface area contributed by atoms with Crippen molar-refractivity contribution in [3.63, 3.8) is 0 Å². The first-order chi connectivity index (χ1) is 12.6. The van der Waals surface area contributed by atoms with Crippen LogP contribution in [0.2, 0.25) is 0 Å². The summed E-state index contributed by atoms with van der Waals surface area (Å²) in [6.07, 6.45) is 3.90. The molecule has 1 aromatic carbocycles. The Labute approximate surface area is 150 Å². The lowest BCUT2D eigenvalue weighted by molar-refractivity contribution is -0.116. The van der Waals surface area contributed by atoms with Crippen LogP contribution in [0, 0.1) is 0 Å². The number of amides is 1. The van der Waals surface area contributed by atoms with Crippen molar-refractivity contribution in [1.29, 1.82) is 0 Å². The van der Waals surface area contributed by atoms with Gasteiger partial charge in [-0.25, -0.2) is 4.98 Å². The van der Waals surface area contributed by atoms with Gasteiger partial charge in [-0.3, -0.25) is 19.1 Å². The fourth-order valence-corrected chi connectivity index (χ4v) is 2.75. The second-order valence-corrected chi connectivity index (χ2v) is 5.66. The normalized spacial score (nSPS) is 10.7. The van der Waals surface area contributed by atoms with Crippen molar-refractivity contribution < 1.29 is 9.53 Å². The maximum atomic E-state index is 12.7. The van der Waals surface area contributed by atoms with E-state index in [9.17, 15) is 9.59 Å². The fourth-order valence-electron chi connectivity index (χ4n) is 2.75. The number of aryl methyl sites for hydroxylation is 1. The van der Waals surface area contributed by atoms with E-state index in [0.29, 0.717) is 17.6 Å². The molecule has 1 amide bonds. The fraction of sp³-hybridized carbons (Fsp3) is 0.263. The molecule has 3 rings (SSSR count). The summed E-state index contributed by atoms with van der Waals surface area (Å²) in [6.45, 7) is 3.96. The van der Waals surface area contributed by atoms with E-state index in [1.807, 2.05) is 31.2 Å². The van der Waals surface area contributed by atoms with Gasteiger partial charge in [0.15, 0.2) is 0 Å². The maximum absolute atomic E-state index is 12.7. The average molecular weight is 352 g/mol. The van der Waals surface area contributed by atoms with E-state index in [4.69, 9.17) is 4.74 Å². The lowest BCUT2D eigenvalue weighted by Crippen LogP contribution is -2.30. The van der Waals surface area contributed by atoms with E-state index in [0.717, 1.165) is 17.7 Å². The maximum Gasteiger partial charge on any atom is 0.314 e. The average Bonchev–Trinajstić information content (AvgIpc) is 2.65. The molecular formula is C19H20N4O3. The number of nitrogens with one attached hydrogen (secondary N) is 1. The van der Waals surface area contributed by atoms with Crippen molar-refractivity contribution in [2.24, 2.45) is 0 Å². The number of carbonyl (C=O) groups excluding carboxylic acids is 1. The Kier molecular flexibility index (Phi) is 5.26. The van der Waals surface area contributed by atoms with E-state index in [1.165, 1.54) is 10.8 Å². The van der Waals surface area contributed by atoms with Crippen molar-refractivity contribution >= 4 is 22.6 Å². The molecule has 0 fully saturated rings. The van der Waals surface area contributed by atoms with Crippen LogP contribution in [0.3, 0.4) is 0 Å². The van der Waals surface area contributed by atoms with E-state index < -0.39 is 5.56 Å². The zero-order chi connectivity index (χ0) is 18.5. The molecule has 0 aliphatic carbocycles. The van der Waals surface area contributed by atoms with Crippen molar-refractivity contribution in [3.8, 4) is 5.88 Å². The smallest absolute Gasteiger partial charge is 0.314 e. The third-order valence-corrected chi connectivity index (χ3v) is 3.97. The zero-order valence-corrected chi connectivity index (χ0v) is 14.7. The molecule has 2 aromatic heterocycles. The van der Waals surface area contributed by atoms with Crippen LogP contribution in [-0.2, 0) is 17.8 Å². The molecule has 0 aliphatic rings. The molecule has 0 aliphatic heterocycles. The number of aromatic nitrogens is 3. The summed E-state index contributed by atoms with van der Waals surface area (Å²) in [4.78, 5) is 33.4.